The summed E-state index contributed by atoms with van der Waals surface area (Å²) in [5, 5.41) is 2.06. The van der Waals surface area contributed by atoms with Gasteiger partial charge in [0.1, 0.15) is 5.69 Å². The van der Waals surface area contributed by atoms with E-state index in [1.165, 1.54) is 4.88 Å². The van der Waals surface area contributed by atoms with Crippen LogP contribution in [0.1, 0.15) is 28.9 Å². The molecule has 2 aromatic heterocycles. The van der Waals surface area contributed by atoms with Crippen LogP contribution in [0.5, 0.6) is 0 Å². The summed E-state index contributed by atoms with van der Waals surface area (Å²) >= 11 is 1.70. The Kier molecular flexibility index (Phi) is 5.45. The van der Waals surface area contributed by atoms with E-state index in [2.05, 4.69) is 40.7 Å². The summed E-state index contributed by atoms with van der Waals surface area (Å²) in [5.74, 6) is -0.498. The molecule has 29 heavy (non-hydrogen) atoms. The zero-order chi connectivity index (χ0) is 20.3. The van der Waals surface area contributed by atoms with Crippen molar-refractivity contribution >= 4 is 23.2 Å². The Balaban J connectivity index is 1.54. The fourth-order valence-corrected chi connectivity index (χ4v) is 4.74. The van der Waals surface area contributed by atoms with Gasteiger partial charge < -0.3 is 10.6 Å². The van der Waals surface area contributed by atoms with Gasteiger partial charge in [0.05, 0.1) is 5.41 Å². The number of carbonyl (C=O) groups excluding carboxylic acids is 2. The van der Waals surface area contributed by atoms with E-state index >= 15 is 0 Å². The standard InChI is InChI=1S/C23H23N3O2S/c24-22(28)23(15-17-7-9-18(10-8-17)20-6-3-14-29-20)11-4-13-26(16-23)21(27)19-5-1-2-12-25-19/h1-3,5-10,12,14H,4,11,13,15-16H2,(H2,24,28)/t23-/m0/s1. The molecule has 1 aliphatic rings. The van der Waals surface area contributed by atoms with E-state index in [1.807, 2.05) is 6.07 Å². The van der Waals surface area contributed by atoms with Crippen molar-refractivity contribution in [3.05, 3.63) is 77.4 Å². The van der Waals surface area contributed by atoms with E-state index in [0.29, 0.717) is 31.6 Å². The zero-order valence-electron chi connectivity index (χ0n) is 16.1. The lowest BCUT2D eigenvalue weighted by atomic mass is 9.74. The van der Waals surface area contributed by atoms with Gasteiger partial charge in [0.2, 0.25) is 5.91 Å². The van der Waals surface area contributed by atoms with Crippen LogP contribution in [0.15, 0.2) is 66.2 Å². The maximum atomic E-state index is 12.9. The van der Waals surface area contributed by atoms with Crippen molar-refractivity contribution in [1.29, 1.82) is 0 Å². The molecule has 4 rings (SSSR count). The predicted octanol–water partition coefficient (Wildman–Crippen LogP) is 3.76. The Morgan fingerprint density at radius 3 is 2.59 bits per heavy atom. The number of hydrogen-bond donors (Lipinski definition) is 1. The molecule has 0 spiro atoms. The number of likely N-dealkylation sites (tertiary alicyclic amines) is 1. The molecule has 0 saturated carbocycles. The molecule has 1 aliphatic heterocycles. The fraction of sp³-hybridized carbons (Fsp3) is 0.261. The molecule has 148 valence electrons. The van der Waals surface area contributed by atoms with E-state index < -0.39 is 5.41 Å². The topological polar surface area (TPSA) is 76.3 Å². The average Bonchev–Trinajstić information content (AvgIpc) is 3.29. The van der Waals surface area contributed by atoms with Crippen LogP contribution in [0.2, 0.25) is 0 Å². The Hall–Kier alpha value is -2.99. The Bertz CT molecular complexity index is 987. The number of benzene rings is 1. The maximum Gasteiger partial charge on any atom is 0.272 e. The monoisotopic (exact) mass is 405 g/mol. The molecule has 5 nitrogen and oxygen atoms in total. The van der Waals surface area contributed by atoms with Crippen LogP contribution in [0.3, 0.4) is 0 Å². The molecule has 0 bridgehead atoms. The number of nitrogens with two attached hydrogens (primary N) is 1. The first-order chi connectivity index (χ1) is 14.1. The highest BCUT2D eigenvalue weighted by Crippen LogP contribution is 2.35. The molecule has 0 aliphatic carbocycles. The molecule has 1 fully saturated rings. The number of pyridine rings is 1. The molecule has 0 unspecified atom stereocenters. The molecule has 1 atom stereocenters. The third-order valence-electron chi connectivity index (χ3n) is 5.57. The molecule has 2 N–H and O–H groups in total. The van der Waals surface area contributed by atoms with E-state index in [9.17, 15) is 9.59 Å². The molecule has 1 aromatic carbocycles. The number of rotatable bonds is 5. The van der Waals surface area contributed by atoms with Gasteiger partial charge in [0.25, 0.3) is 5.91 Å². The SMILES string of the molecule is NC(=O)[C@]1(Cc2ccc(-c3cccs3)cc2)CCCN(C(=O)c2ccccn2)C1. The van der Waals surface area contributed by atoms with Gasteiger partial charge >= 0.3 is 0 Å². The van der Waals surface area contributed by atoms with E-state index in [1.54, 1.807) is 40.6 Å². The minimum absolute atomic E-state index is 0.149. The van der Waals surface area contributed by atoms with Crippen molar-refractivity contribution in [3.8, 4) is 10.4 Å². The van der Waals surface area contributed by atoms with Crippen LogP contribution in [-0.4, -0.2) is 34.8 Å². The summed E-state index contributed by atoms with van der Waals surface area (Å²) in [4.78, 5) is 32.5. The highest BCUT2D eigenvalue weighted by Gasteiger charge is 2.42. The van der Waals surface area contributed by atoms with Gasteiger partial charge in [-0.3, -0.25) is 14.6 Å². The first-order valence-electron chi connectivity index (χ1n) is 9.70. The minimum atomic E-state index is -0.757. The summed E-state index contributed by atoms with van der Waals surface area (Å²) in [6.45, 7) is 0.937. The molecule has 6 heteroatoms. The summed E-state index contributed by atoms with van der Waals surface area (Å²) in [5.41, 5.74) is 7.72. The number of hydrogen-bond acceptors (Lipinski definition) is 4. The normalized spacial score (nSPS) is 19.1. The van der Waals surface area contributed by atoms with Gasteiger partial charge in [-0.2, -0.15) is 0 Å². The number of carbonyl (C=O) groups is 2. The van der Waals surface area contributed by atoms with Gasteiger partial charge in [0, 0.05) is 24.2 Å². The second kappa shape index (κ2) is 8.17. The molecule has 0 radical (unpaired) electrons. The quantitative estimate of drug-likeness (QED) is 0.702. The largest absolute Gasteiger partial charge is 0.369 e. The summed E-state index contributed by atoms with van der Waals surface area (Å²) in [6, 6.07) is 17.7. The van der Waals surface area contributed by atoms with Crippen LogP contribution in [-0.2, 0) is 11.2 Å². The summed E-state index contributed by atoms with van der Waals surface area (Å²) in [6.07, 6.45) is 3.56. The van der Waals surface area contributed by atoms with Gasteiger partial charge in [-0.1, -0.05) is 36.4 Å². The predicted molar refractivity (Wildman–Crippen MR) is 114 cm³/mol. The highest BCUT2D eigenvalue weighted by atomic mass is 32.1. The summed E-state index contributed by atoms with van der Waals surface area (Å²) < 4.78 is 0. The van der Waals surface area contributed by atoms with Gasteiger partial charge in [-0.05, 0) is 54.0 Å². The molecule has 3 heterocycles. The van der Waals surface area contributed by atoms with Gasteiger partial charge in [-0.25, -0.2) is 0 Å². The van der Waals surface area contributed by atoms with Crippen molar-refractivity contribution in [2.75, 3.05) is 13.1 Å². The Labute approximate surface area is 174 Å². The van der Waals surface area contributed by atoms with Crippen molar-refractivity contribution < 1.29 is 9.59 Å². The van der Waals surface area contributed by atoms with Crippen molar-refractivity contribution in [2.45, 2.75) is 19.3 Å². The lowest BCUT2D eigenvalue weighted by Gasteiger charge is -2.40. The Morgan fingerprint density at radius 2 is 1.93 bits per heavy atom. The third kappa shape index (κ3) is 4.07. The van der Waals surface area contributed by atoms with Crippen LogP contribution in [0.4, 0.5) is 0 Å². The first-order valence-corrected chi connectivity index (χ1v) is 10.6. The van der Waals surface area contributed by atoms with Gasteiger partial charge in [0.15, 0.2) is 0 Å². The van der Waals surface area contributed by atoms with E-state index in [4.69, 9.17) is 5.73 Å². The fourth-order valence-electron chi connectivity index (χ4n) is 4.01. The molecular weight excluding hydrogens is 382 g/mol. The lowest BCUT2D eigenvalue weighted by molar-refractivity contribution is -0.130. The minimum Gasteiger partial charge on any atom is -0.369 e. The molecule has 2 amide bonds. The summed E-state index contributed by atoms with van der Waals surface area (Å²) in [7, 11) is 0. The highest BCUT2D eigenvalue weighted by molar-refractivity contribution is 7.13. The second-order valence-electron chi connectivity index (χ2n) is 7.54. The van der Waals surface area contributed by atoms with Crippen LogP contribution < -0.4 is 5.73 Å². The number of primary amides is 1. The van der Waals surface area contributed by atoms with E-state index in [0.717, 1.165) is 17.5 Å². The lowest BCUT2D eigenvalue weighted by Crippen LogP contribution is -2.53. The van der Waals surface area contributed by atoms with Crippen LogP contribution >= 0.6 is 11.3 Å². The zero-order valence-corrected chi connectivity index (χ0v) is 16.9. The number of aromatic nitrogens is 1. The van der Waals surface area contributed by atoms with Crippen molar-refractivity contribution in [1.82, 2.24) is 9.88 Å². The van der Waals surface area contributed by atoms with Crippen molar-refractivity contribution in [3.63, 3.8) is 0 Å². The molecular formula is C23H23N3O2S. The third-order valence-corrected chi connectivity index (χ3v) is 6.49. The molecule has 3 aromatic rings. The van der Waals surface area contributed by atoms with Gasteiger partial charge in [-0.15, -0.1) is 11.3 Å². The number of thiophene rings is 1. The number of piperidine rings is 1. The van der Waals surface area contributed by atoms with Crippen LogP contribution in [0.25, 0.3) is 10.4 Å². The Morgan fingerprint density at radius 1 is 1.10 bits per heavy atom. The number of amides is 2. The van der Waals surface area contributed by atoms with E-state index in [-0.39, 0.29) is 11.8 Å². The first kappa shape index (κ1) is 19.3. The second-order valence-corrected chi connectivity index (χ2v) is 8.49. The average molecular weight is 406 g/mol. The van der Waals surface area contributed by atoms with Crippen molar-refractivity contribution in [2.24, 2.45) is 11.1 Å². The smallest absolute Gasteiger partial charge is 0.272 e. The maximum absolute atomic E-state index is 12.9. The van der Waals surface area contributed by atoms with Crippen LogP contribution in [0, 0.1) is 5.41 Å². The molecule has 1 saturated heterocycles. The number of nitrogens with zero attached hydrogens (tertiary/aromatic N) is 2.